The van der Waals surface area contributed by atoms with Crippen LogP contribution in [0.4, 0.5) is 0 Å². The minimum Gasteiger partial charge on any atom is -0.489 e. The molecule has 0 amide bonds. The van der Waals surface area contributed by atoms with Crippen LogP contribution in [0.3, 0.4) is 0 Å². The molecule has 128 valence electrons. The fraction of sp³-hybridized carbons (Fsp3) is 0.647. The lowest BCUT2D eigenvalue weighted by atomic mass is 10.2. The molecule has 0 saturated heterocycles. The van der Waals surface area contributed by atoms with Gasteiger partial charge in [-0.1, -0.05) is 33.3 Å². The lowest BCUT2D eigenvalue weighted by molar-refractivity contribution is 0.0322. The predicted octanol–water partition coefficient (Wildman–Crippen LogP) is 2.13. The topological polar surface area (TPSA) is 78.9 Å². The van der Waals surface area contributed by atoms with Gasteiger partial charge in [-0.15, -0.1) is 0 Å². The summed E-state index contributed by atoms with van der Waals surface area (Å²) in [4.78, 5) is 2.29. The van der Waals surface area contributed by atoms with Gasteiger partial charge in [0.25, 0.3) is 0 Å². The Morgan fingerprint density at radius 2 is 1.86 bits per heavy atom. The zero-order valence-electron chi connectivity index (χ0n) is 14.0. The minimum atomic E-state index is -0.918. The van der Waals surface area contributed by atoms with Crippen molar-refractivity contribution in [3.8, 4) is 0 Å². The first-order chi connectivity index (χ1) is 10.5. The Labute approximate surface area is 134 Å². The van der Waals surface area contributed by atoms with Crippen molar-refractivity contribution < 1.29 is 14.9 Å². The Balaban J connectivity index is 4.37. The number of hydrogen-bond donors (Lipinski definition) is 3. The highest BCUT2D eigenvalue weighted by Gasteiger charge is 2.04. The van der Waals surface area contributed by atoms with Gasteiger partial charge in [-0.05, 0) is 31.2 Å². The Morgan fingerprint density at radius 1 is 1.27 bits per heavy atom. The van der Waals surface area contributed by atoms with Gasteiger partial charge in [-0.3, -0.25) is 0 Å². The van der Waals surface area contributed by atoms with E-state index in [0.717, 1.165) is 13.1 Å². The summed E-state index contributed by atoms with van der Waals surface area (Å²) in [7, 11) is 0. The molecule has 0 rings (SSSR count). The van der Waals surface area contributed by atoms with Crippen molar-refractivity contribution in [1.82, 2.24) is 4.90 Å². The number of aliphatic hydroxyl groups is 2. The molecule has 0 fully saturated rings. The van der Waals surface area contributed by atoms with Crippen LogP contribution in [-0.2, 0) is 4.74 Å². The van der Waals surface area contributed by atoms with E-state index >= 15 is 0 Å². The van der Waals surface area contributed by atoms with Crippen LogP contribution >= 0.6 is 0 Å². The summed E-state index contributed by atoms with van der Waals surface area (Å²) in [5, 5.41) is 17.9. The predicted molar refractivity (Wildman–Crippen MR) is 91.0 cm³/mol. The molecular formula is C17H32N2O3. The van der Waals surface area contributed by atoms with E-state index in [-0.39, 0.29) is 13.2 Å². The molecule has 0 aromatic heterocycles. The summed E-state index contributed by atoms with van der Waals surface area (Å²) in [6.45, 7) is 9.78. The summed E-state index contributed by atoms with van der Waals surface area (Å²) in [5.41, 5.74) is 6.26. The third-order valence-electron chi connectivity index (χ3n) is 3.15. The van der Waals surface area contributed by atoms with Gasteiger partial charge in [0.2, 0.25) is 0 Å². The van der Waals surface area contributed by atoms with E-state index in [1.807, 2.05) is 12.3 Å². The van der Waals surface area contributed by atoms with E-state index in [4.69, 9.17) is 15.6 Å². The van der Waals surface area contributed by atoms with Crippen LogP contribution in [0, 0.1) is 0 Å². The van der Waals surface area contributed by atoms with E-state index in [9.17, 15) is 5.11 Å². The van der Waals surface area contributed by atoms with Gasteiger partial charge < -0.3 is 25.6 Å². The number of unbranched alkanes of at least 4 members (excludes halogenated alkanes) is 2. The van der Waals surface area contributed by atoms with E-state index in [0.29, 0.717) is 11.5 Å². The van der Waals surface area contributed by atoms with Crippen molar-refractivity contribution in [3.05, 3.63) is 36.4 Å². The van der Waals surface area contributed by atoms with Gasteiger partial charge in [-0.25, -0.2) is 0 Å². The van der Waals surface area contributed by atoms with Crippen LogP contribution < -0.4 is 5.73 Å². The number of allylic oxidation sites excluding steroid dienone is 2. The summed E-state index contributed by atoms with van der Waals surface area (Å²) < 4.78 is 5.20. The van der Waals surface area contributed by atoms with E-state index in [1.54, 1.807) is 6.08 Å². The molecule has 0 aromatic rings. The molecule has 0 aliphatic heterocycles. The van der Waals surface area contributed by atoms with Crippen LogP contribution in [0.15, 0.2) is 36.4 Å². The Bertz CT molecular complexity index is 346. The van der Waals surface area contributed by atoms with Crippen molar-refractivity contribution in [2.75, 3.05) is 26.3 Å². The Hall–Kier alpha value is -1.46. The smallest absolute Gasteiger partial charge is 0.135 e. The molecule has 1 unspecified atom stereocenters. The summed E-state index contributed by atoms with van der Waals surface area (Å²) in [6, 6.07) is 0. The third-order valence-corrected chi connectivity index (χ3v) is 3.15. The maximum Gasteiger partial charge on any atom is 0.135 e. The van der Waals surface area contributed by atoms with Crippen molar-refractivity contribution >= 4 is 0 Å². The fourth-order valence-corrected chi connectivity index (χ4v) is 1.68. The van der Waals surface area contributed by atoms with Gasteiger partial charge in [-0.2, -0.15) is 0 Å². The zero-order valence-corrected chi connectivity index (χ0v) is 14.0. The monoisotopic (exact) mass is 312 g/mol. The largest absolute Gasteiger partial charge is 0.489 e. The van der Waals surface area contributed by atoms with Crippen LogP contribution in [0.1, 0.15) is 39.5 Å². The van der Waals surface area contributed by atoms with Gasteiger partial charge in [0, 0.05) is 13.1 Å². The van der Waals surface area contributed by atoms with Gasteiger partial charge in [0.1, 0.15) is 18.5 Å². The lowest BCUT2D eigenvalue weighted by Crippen LogP contribution is -2.20. The Morgan fingerprint density at radius 3 is 2.36 bits per heavy atom. The minimum absolute atomic E-state index is 0.0211. The molecule has 0 aromatic carbocycles. The standard InChI is InChI=1S/C17H32N2O3/c1-4-6-10-19(11-7-5-2)12-8-9-17(18)15(3)22-14-16(21)13-20/h8-9,12,16,20-21H,3-7,10-11,13-14,18H2,1-2H3/b12-8+,17-9-. The molecule has 5 nitrogen and oxygen atoms in total. The highest BCUT2D eigenvalue weighted by atomic mass is 16.5. The second kappa shape index (κ2) is 13.2. The summed E-state index contributed by atoms with van der Waals surface area (Å²) in [5.74, 6) is 0.297. The van der Waals surface area contributed by atoms with Crippen LogP contribution in [0.5, 0.6) is 0 Å². The number of hydrogen-bond acceptors (Lipinski definition) is 5. The van der Waals surface area contributed by atoms with Crippen LogP contribution in [-0.4, -0.2) is 47.5 Å². The molecule has 0 spiro atoms. The maximum atomic E-state index is 9.21. The van der Waals surface area contributed by atoms with Crippen molar-refractivity contribution in [3.63, 3.8) is 0 Å². The first kappa shape index (κ1) is 20.5. The zero-order chi connectivity index (χ0) is 16.8. The number of aliphatic hydroxyl groups excluding tert-OH is 2. The fourth-order valence-electron chi connectivity index (χ4n) is 1.68. The van der Waals surface area contributed by atoms with Gasteiger partial charge in [0.05, 0.1) is 12.3 Å². The van der Waals surface area contributed by atoms with Crippen molar-refractivity contribution in [1.29, 1.82) is 0 Å². The SMILES string of the molecule is C=C(OCC(O)CO)/C(N)=C/C=C/N(CCCC)CCCC. The molecule has 0 heterocycles. The molecule has 0 saturated carbocycles. The normalized spacial score (nSPS) is 13.4. The van der Waals surface area contributed by atoms with Gasteiger partial charge in [0.15, 0.2) is 0 Å². The molecule has 0 aliphatic carbocycles. The molecule has 22 heavy (non-hydrogen) atoms. The highest BCUT2D eigenvalue weighted by molar-refractivity contribution is 5.24. The molecule has 5 heteroatoms. The number of nitrogens with two attached hydrogens (primary N) is 1. The number of ether oxygens (including phenoxy) is 1. The maximum absolute atomic E-state index is 9.21. The van der Waals surface area contributed by atoms with E-state index in [2.05, 4.69) is 25.3 Å². The second-order valence-corrected chi connectivity index (χ2v) is 5.28. The molecule has 0 bridgehead atoms. The summed E-state index contributed by atoms with van der Waals surface area (Å²) >= 11 is 0. The average molecular weight is 312 g/mol. The number of nitrogens with zero attached hydrogens (tertiary/aromatic N) is 1. The molecule has 0 radical (unpaired) electrons. The molecule has 0 aliphatic rings. The summed E-state index contributed by atoms with van der Waals surface area (Å²) in [6.07, 6.45) is 9.42. The third kappa shape index (κ3) is 10.3. The average Bonchev–Trinajstić information content (AvgIpc) is 2.53. The molecule has 4 N–H and O–H groups in total. The van der Waals surface area contributed by atoms with Crippen molar-refractivity contribution in [2.45, 2.75) is 45.6 Å². The lowest BCUT2D eigenvalue weighted by Gasteiger charge is -2.19. The van der Waals surface area contributed by atoms with E-state index in [1.165, 1.54) is 25.7 Å². The second-order valence-electron chi connectivity index (χ2n) is 5.28. The van der Waals surface area contributed by atoms with Crippen LogP contribution in [0.2, 0.25) is 0 Å². The number of rotatable bonds is 13. The molecular weight excluding hydrogens is 280 g/mol. The first-order valence-electron chi connectivity index (χ1n) is 8.04. The van der Waals surface area contributed by atoms with E-state index < -0.39 is 6.10 Å². The first-order valence-corrected chi connectivity index (χ1v) is 8.04. The highest BCUT2D eigenvalue weighted by Crippen LogP contribution is 2.05. The Kier molecular flexibility index (Phi) is 12.3. The van der Waals surface area contributed by atoms with Crippen LogP contribution in [0.25, 0.3) is 0 Å². The van der Waals surface area contributed by atoms with Crippen molar-refractivity contribution in [2.24, 2.45) is 5.73 Å². The van der Waals surface area contributed by atoms with Gasteiger partial charge >= 0.3 is 0 Å². The molecule has 1 atom stereocenters. The quantitative estimate of drug-likeness (QED) is 0.359.